The molecule has 17 heavy (non-hydrogen) atoms. The molecule has 0 saturated carbocycles. The van der Waals surface area contributed by atoms with Gasteiger partial charge in [-0.25, -0.2) is 4.98 Å². The van der Waals surface area contributed by atoms with Crippen LogP contribution in [0.25, 0.3) is 0 Å². The lowest BCUT2D eigenvalue weighted by Crippen LogP contribution is -2.27. The molecule has 2 aromatic heterocycles. The number of nitrogens with zero attached hydrogens (tertiary/aromatic N) is 4. The van der Waals surface area contributed by atoms with E-state index in [9.17, 15) is 4.79 Å². The quantitative estimate of drug-likeness (QED) is 0.814. The molecule has 0 aliphatic heterocycles. The van der Waals surface area contributed by atoms with E-state index < -0.39 is 6.04 Å². The number of aromatic nitrogens is 4. The van der Waals surface area contributed by atoms with Crippen LogP contribution in [-0.4, -0.2) is 25.0 Å². The predicted molar refractivity (Wildman–Crippen MR) is 63.4 cm³/mol. The van der Waals surface area contributed by atoms with Crippen LogP contribution in [0.1, 0.15) is 17.4 Å². The Bertz CT molecular complexity index is 533. The average Bonchev–Trinajstić information content (AvgIpc) is 2.87. The first-order valence-electron chi connectivity index (χ1n) is 4.91. The van der Waals surface area contributed by atoms with Gasteiger partial charge >= 0.3 is 0 Å². The molecule has 0 aromatic carbocycles. The lowest BCUT2D eigenvalue weighted by Gasteiger charge is -2.07. The smallest absolute Gasteiger partial charge is 0.247 e. The zero-order valence-corrected chi connectivity index (χ0v) is 10.2. The zero-order valence-electron chi connectivity index (χ0n) is 9.41. The summed E-state index contributed by atoms with van der Waals surface area (Å²) in [6, 6.07) is -0.757. The van der Waals surface area contributed by atoms with E-state index in [2.05, 4.69) is 19.8 Å². The molecule has 0 saturated heterocycles. The first kappa shape index (κ1) is 11.7. The molecule has 7 nitrogen and oxygen atoms in total. The molecule has 1 atom stereocenters. The third-order valence-corrected chi connectivity index (χ3v) is 2.85. The standard InChI is InChI=1S/C9H12N6OS/c1-5-12-9(17-14-5)13-8(16)7(10)6-3-11-15(2)4-6/h3-4,7H,10H2,1-2H3,(H,12,13,14,16). The molecule has 2 aromatic rings. The number of aryl methyl sites for hydroxylation is 2. The fourth-order valence-corrected chi connectivity index (χ4v) is 1.86. The van der Waals surface area contributed by atoms with E-state index >= 15 is 0 Å². The fourth-order valence-electron chi connectivity index (χ4n) is 1.28. The van der Waals surface area contributed by atoms with Crippen LogP contribution < -0.4 is 11.1 Å². The third kappa shape index (κ3) is 2.66. The van der Waals surface area contributed by atoms with Crippen LogP contribution in [0, 0.1) is 6.92 Å². The second kappa shape index (κ2) is 4.60. The van der Waals surface area contributed by atoms with Crippen molar-refractivity contribution in [1.82, 2.24) is 19.1 Å². The highest BCUT2D eigenvalue weighted by Gasteiger charge is 2.18. The second-order valence-electron chi connectivity index (χ2n) is 3.56. The number of anilines is 1. The maximum atomic E-state index is 11.8. The van der Waals surface area contributed by atoms with Crippen LogP contribution in [0.5, 0.6) is 0 Å². The van der Waals surface area contributed by atoms with Gasteiger partial charge in [0.25, 0.3) is 0 Å². The van der Waals surface area contributed by atoms with Gasteiger partial charge in [-0.2, -0.15) is 9.47 Å². The van der Waals surface area contributed by atoms with Crippen molar-refractivity contribution in [1.29, 1.82) is 0 Å². The Morgan fingerprint density at radius 1 is 1.65 bits per heavy atom. The number of hydrogen-bond donors (Lipinski definition) is 2. The average molecular weight is 252 g/mol. The van der Waals surface area contributed by atoms with Gasteiger partial charge in [0.05, 0.1) is 6.20 Å². The van der Waals surface area contributed by atoms with Gasteiger partial charge in [-0.1, -0.05) is 0 Å². The minimum Gasteiger partial charge on any atom is -0.316 e. The Kier molecular flexibility index (Phi) is 3.16. The van der Waals surface area contributed by atoms with Gasteiger partial charge in [-0.3, -0.25) is 14.8 Å². The molecule has 0 aliphatic rings. The maximum absolute atomic E-state index is 11.8. The summed E-state index contributed by atoms with van der Waals surface area (Å²) in [7, 11) is 1.77. The van der Waals surface area contributed by atoms with E-state index in [4.69, 9.17) is 5.73 Å². The molecule has 8 heteroatoms. The first-order valence-corrected chi connectivity index (χ1v) is 5.69. The molecule has 2 rings (SSSR count). The van der Waals surface area contributed by atoms with Crippen molar-refractivity contribution in [2.24, 2.45) is 12.8 Å². The molecular weight excluding hydrogens is 240 g/mol. The van der Waals surface area contributed by atoms with Gasteiger partial charge in [0.1, 0.15) is 11.9 Å². The molecular formula is C9H12N6OS. The van der Waals surface area contributed by atoms with Crippen molar-refractivity contribution >= 4 is 22.6 Å². The molecule has 2 heterocycles. The molecule has 1 amide bonds. The molecule has 90 valence electrons. The molecule has 0 spiro atoms. The lowest BCUT2D eigenvalue weighted by molar-refractivity contribution is -0.117. The molecule has 0 fully saturated rings. The zero-order chi connectivity index (χ0) is 12.4. The van der Waals surface area contributed by atoms with Crippen LogP contribution in [-0.2, 0) is 11.8 Å². The number of nitrogens with two attached hydrogens (primary N) is 1. The molecule has 1 unspecified atom stereocenters. The predicted octanol–water partition coefficient (Wildman–Crippen LogP) is 0.219. The summed E-state index contributed by atoms with van der Waals surface area (Å²) < 4.78 is 5.56. The Balaban J connectivity index is 2.05. The Morgan fingerprint density at radius 3 is 2.94 bits per heavy atom. The van der Waals surface area contributed by atoms with Gasteiger partial charge < -0.3 is 5.73 Å². The minimum atomic E-state index is -0.757. The van der Waals surface area contributed by atoms with E-state index in [1.54, 1.807) is 31.0 Å². The Labute approximate surface area is 102 Å². The maximum Gasteiger partial charge on any atom is 0.247 e. The minimum absolute atomic E-state index is 0.325. The van der Waals surface area contributed by atoms with Gasteiger partial charge in [0.2, 0.25) is 11.0 Å². The number of carbonyl (C=O) groups is 1. The highest BCUT2D eigenvalue weighted by molar-refractivity contribution is 7.09. The summed E-state index contributed by atoms with van der Waals surface area (Å²) in [5, 5.41) is 7.03. The van der Waals surface area contributed by atoms with E-state index in [1.165, 1.54) is 0 Å². The topological polar surface area (TPSA) is 98.7 Å². The summed E-state index contributed by atoms with van der Waals surface area (Å²) in [6.45, 7) is 1.76. The van der Waals surface area contributed by atoms with E-state index in [0.29, 0.717) is 16.5 Å². The van der Waals surface area contributed by atoms with Crippen molar-refractivity contribution in [3.63, 3.8) is 0 Å². The van der Waals surface area contributed by atoms with Crippen molar-refractivity contribution in [3.05, 3.63) is 23.8 Å². The monoisotopic (exact) mass is 252 g/mol. The number of nitrogens with one attached hydrogen (secondary N) is 1. The van der Waals surface area contributed by atoms with Crippen LogP contribution in [0.3, 0.4) is 0 Å². The fraction of sp³-hybridized carbons (Fsp3) is 0.333. The van der Waals surface area contributed by atoms with Gasteiger partial charge in [-0.05, 0) is 6.92 Å². The number of hydrogen-bond acceptors (Lipinski definition) is 6. The Hall–Kier alpha value is -1.80. The highest BCUT2D eigenvalue weighted by Crippen LogP contribution is 2.14. The summed E-state index contributed by atoms with van der Waals surface area (Å²) in [4.78, 5) is 15.8. The summed E-state index contributed by atoms with van der Waals surface area (Å²) in [6.07, 6.45) is 3.27. The largest absolute Gasteiger partial charge is 0.316 e. The van der Waals surface area contributed by atoms with Gasteiger partial charge in [0.15, 0.2) is 0 Å². The summed E-state index contributed by atoms with van der Waals surface area (Å²) >= 11 is 1.13. The first-order chi connectivity index (χ1) is 8.06. The third-order valence-electron chi connectivity index (χ3n) is 2.12. The van der Waals surface area contributed by atoms with E-state index in [0.717, 1.165) is 11.5 Å². The summed E-state index contributed by atoms with van der Waals surface area (Å²) in [5.41, 5.74) is 6.46. The van der Waals surface area contributed by atoms with E-state index in [-0.39, 0.29) is 5.91 Å². The van der Waals surface area contributed by atoms with Gasteiger partial charge in [0, 0.05) is 30.3 Å². The van der Waals surface area contributed by atoms with Crippen LogP contribution in [0.2, 0.25) is 0 Å². The van der Waals surface area contributed by atoms with Crippen molar-refractivity contribution < 1.29 is 4.79 Å². The molecule has 0 bridgehead atoms. The van der Waals surface area contributed by atoms with Crippen LogP contribution in [0.4, 0.5) is 5.13 Å². The van der Waals surface area contributed by atoms with Gasteiger partial charge in [-0.15, -0.1) is 0 Å². The summed E-state index contributed by atoms with van der Waals surface area (Å²) in [5.74, 6) is 0.300. The lowest BCUT2D eigenvalue weighted by atomic mass is 10.1. The number of amides is 1. The SMILES string of the molecule is Cc1nsc(NC(=O)C(N)c2cnn(C)c2)n1. The second-order valence-corrected chi connectivity index (χ2v) is 4.31. The number of carbonyl (C=O) groups excluding carboxylic acids is 1. The molecule has 0 aliphatic carbocycles. The van der Waals surface area contributed by atoms with Crippen molar-refractivity contribution in [2.45, 2.75) is 13.0 Å². The van der Waals surface area contributed by atoms with Crippen LogP contribution >= 0.6 is 11.5 Å². The number of rotatable bonds is 3. The van der Waals surface area contributed by atoms with Crippen LogP contribution in [0.15, 0.2) is 12.4 Å². The van der Waals surface area contributed by atoms with E-state index in [1.807, 2.05) is 0 Å². The Morgan fingerprint density at radius 2 is 2.41 bits per heavy atom. The van der Waals surface area contributed by atoms with Crippen molar-refractivity contribution in [3.8, 4) is 0 Å². The molecule has 0 radical (unpaired) electrons. The van der Waals surface area contributed by atoms with Crippen molar-refractivity contribution in [2.75, 3.05) is 5.32 Å². The normalized spacial score (nSPS) is 12.4. The highest BCUT2D eigenvalue weighted by atomic mass is 32.1. The molecule has 3 N–H and O–H groups in total.